The van der Waals surface area contributed by atoms with E-state index < -0.39 is 0 Å². The fourth-order valence-corrected chi connectivity index (χ4v) is 1.65. The Balaban J connectivity index is 1.97. The smallest absolute Gasteiger partial charge is 0.227 e. The number of benzene rings is 1. The van der Waals surface area contributed by atoms with Crippen LogP contribution < -0.4 is 15.8 Å². The van der Waals surface area contributed by atoms with E-state index in [1.165, 1.54) is 6.33 Å². The summed E-state index contributed by atoms with van der Waals surface area (Å²) in [6.07, 6.45) is 1.39. The number of para-hydroxylation sites is 1. The van der Waals surface area contributed by atoms with Crippen LogP contribution in [0.4, 0.5) is 11.9 Å². The van der Waals surface area contributed by atoms with Crippen molar-refractivity contribution in [1.82, 2.24) is 15.0 Å². The molecule has 1 unspecified atom stereocenters. The third kappa shape index (κ3) is 4.08. The summed E-state index contributed by atoms with van der Waals surface area (Å²) in [6, 6.07) is 9.78. The molecule has 0 aliphatic heterocycles. The molecule has 0 amide bonds. The maximum absolute atomic E-state index is 5.77. The number of aromatic nitrogens is 3. The minimum Gasteiger partial charge on any atom is -0.491 e. The maximum Gasteiger partial charge on any atom is 0.227 e. The van der Waals surface area contributed by atoms with Gasteiger partial charge in [-0.15, -0.1) is 0 Å². The van der Waals surface area contributed by atoms with Crippen LogP contribution in [0.5, 0.6) is 5.75 Å². The number of hydrogen-bond acceptors (Lipinski definition) is 6. The standard InChI is InChI=1S/C14H19N5O/c1-10(2)12(8-20-11-6-4-3-5-7-11)18-14-17-9-16-13(15)19-14/h3-7,9-10,12H,8H2,1-2H3,(H3,15,16,17,18,19). The van der Waals surface area contributed by atoms with Gasteiger partial charge in [-0.25, -0.2) is 9.97 Å². The molecule has 1 atom stereocenters. The average Bonchev–Trinajstić information content (AvgIpc) is 2.44. The quantitative estimate of drug-likeness (QED) is 0.837. The molecule has 0 spiro atoms. The van der Waals surface area contributed by atoms with Gasteiger partial charge >= 0.3 is 0 Å². The molecule has 3 N–H and O–H groups in total. The number of nitrogens with two attached hydrogens (primary N) is 1. The van der Waals surface area contributed by atoms with Crippen molar-refractivity contribution in [2.24, 2.45) is 5.92 Å². The molecular weight excluding hydrogens is 254 g/mol. The molecule has 6 nitrogen and oxygen atoms in total. The molecule has 0 bridgehead atoms. The van der Waals surface area contributed by atoms with Crippen LogP contribution in [-0.4, -0.2) is 27.6 Å². The predicted molar refractivity (Wildman–Crippen MR) is 78.4 cm³/mol. The summed E-state index contributed by atoms with van der Waals surface area (Å²) in [5.74, 6) is 1.87. The van der Waals surface area contributed by atoms with Gasteiger partial charge in [0.2, 0.25) is 11.9 Å². The summed E-state index contributed by atoms with van der Waals surface area (Å²) < 4.78 is 5.77. The Morgan fingerprint density at radius 2 is 1.95 bits per heavy atom. The van der Waals surface area contributed by atoms with Gasteiger partial charge in [-0.05, 0) is 18.1 Å². The van der Waals surface area contributed by atoms with E-state index in [1.807, 2.05) is 30.3 Å². The van der Waals surface area contributed by atoms with E-state index in [4.69, 9.17) is 10.5 Å². The zero-order chi connectivity index (χ0) is 14.4. The number of rotatable bonds is 6. The summed E-state index contributed by atoms with van der Waals surface area (Å²) in [4.78, 5) is 11.9. The highest BCUT2D eigenvalue weighted by Gasteiger charge is 2.15. The number of anilines is 2. The maximum atomic E-state index is 5.77. The summed E-state index contributed by atoms with van der Waals surface area (Å²) in [7, 11) is 0. The van der Waals surface area contributed by atoms with Gasteiger partial charge < -0.3 is 15.8 Å². The molecule has 0 aliphatic rings. The Morgan fingerprint density at radius 3 is 2.60 bits per heavy atom. The van der Waals surface area contributed by atoms with Crippen LogP contribution in [0.2, 0.25) is 0 Å². The number of hydrogen-bond donors (Lipinski definition) is 2. The van der Waals surface area contributed by atoms with E-state index in [0.717, 1.165) is 5.75 Å². The van der Waals surface area contributed by atoms with Crippen molar-refractivity contribution >= 4 is 11.9 Å². The van der Waals surface area contributed by atoms with Crippen LogP contribution in [-0.2, 0) is 0 Å². The van der Waals surface area contributed by atoms with Crippen molar-refractivity contribution in [3.05, 3.63) is 36.7 Å². The molecule has 106 valence electrons. The second kappa shape index (κ2) is 6.70. The van der Waals surface area contributed by atoms with E-state index in [-0.39, 0.29) is 12.0 Å². The Kier molecular flexibility index (Phi) is 4.70. The van der Waals surface area contributed by atoms with Crippen LogP contribution in [0.1, 0.15) is 13.8 Å². The second-order valence-corrected chi connectivity index (χ2v) is 4.79. The van der Waals surface area contributed by atoms with Crippen molar-refractivity contribution in [3.8, 4) is 5.75 Å². The van der Waals surface area contributed by atoms with Crippen molar-refractivity contribution in [2.75, 3.05) is 17.7 Å². The molecule has 0 aliphatic carbocycles. The number of ether oxygens (including phenoxy) is 1. The fourth-order valence-electron chi connectivity index (χ4n) is 1.65. The molecular formula is C14H19N5O. The highest BCUT2D eigenvalue weighted by Crippen LogP contribution is 2.13. The van der Waals surface area contributed by atoms with Gasteiger partial charge in [-0.2, -0.15) is 4.98 Å². The first kappa shape index (κ1) is 14.0. The molecule has 0 saturated carbocycles. The van der Waals surface area contributed by atoms with Crippen LogP contribution in [0, 0.1) is 5.92 Å². The molecule has 0 fully saturated rings. The lowest BCUT2D eigenvalue weighted by Crippen LogP contribution is -2.33. The van der Waals surface area contributed by atoms with Gasteiger partial charge in [-0.3, -0.25) is 0 Å². The van der Waals surface area contributed by atoms with Crippen LogP contribution in [0.3, 0.4) is 0 Å². The van der Waals surface area contributed by atoms with Gasteiger partial charge in [0.15, 0.2) is 0 Å². The fraction of sp³-hybridized carbons (Fsp3) is 0.357. The lowest BCUT2D eigenvalue weighted by Gasteiger charge is -2.22. The topological polar surface area (TPSA) is 86.0 Å². The van der Waals surface area contributed by atoms with Gasteiger partial charge in [0.1, 0.15) is 18.7 Å². The first-order valence-corrected chi connectivity index (χ1v) is 6.54. The van der Waals surface area contributed by atoms with Crippen molar-refractivity contribution in [1.29, 1.82) is 0 Å². The molecule has 1 aromatic carbocycles. The molecule has 0 radical (unpaired) electrons. The Bertz CT molecular complexity index is 532. The van der Waals surface area contributed by atoms with Crippen LogP contribution in [0.25, 0.3) is 0 Å². The first-order chi connectivity index (χ1) is 9.65. The zero-order valence-electron chi connectivity index (χ0n) is 11.7. The van der Waals surface area contributed by atoms with E-state index >= 15 is 0 Å². The van der Waals surface area contributed by atoms with Gasteiger partial charge in [0, 0.05) is 0 Å². The number of nitrogens with zero attached hydrogens (tertiary/aromatic N) is 3. The van der Waals surface area contributed by atoms with Crippen LogP contribution >= 0.6 is 0 Å². The highest BCUT2D eigenvalue weighted by atomic mass is 16.5. The Morgan fingerprint density at radius 1 is 1.20 bits per heavy atom. The third-order valence-corrected chi connectivity index (χ3v) is 2.88. The average molecular weight is 273 g/mol. The lowest BCUT2D eigenvalue weighted by molar-refractivity contribution is 0.270. The highest BCUT2D eigenvalue weighted by molar-refractivity contribution is 5.30. The molecule has 6 heteroatoms. The van der Waals surface area contributed by atoms with E-state index in [2.05, 4.69) is 34.1 Å². The van der Waals surface area contributed by atoms with E-state index in [1.54, 1.807) is 0 Å². The minimum absolute atomic E-state index is 0.0806. The summed E-state index contributed by atoms with van der Waals surface area (Å²) in [5.41, 5.74) is 5.54. The normalized spacial score (nSPS) is 12.2. The molecule has 2 aromatic rings. The predicted octanol–water partition coefficient (Wildman–Crippen LogP) is 1.97. The SMILES string of the molecule is CC(C)C(COc1ccccc1)Nc1ncnc(N)n1. The summed E-state index contributed by atoms with van der Waals surface area (Å²) in [6.45, 7) is 4.74. The van der Waals surface area contributed by atoms with Crippen molar-refractivity contribution in [3.63, 3.8) is 0 Å². The summed E-state index contributed by atoms with van der Waals surface area (Å²) in [5, 5.41) is 3.22. The number of nitrogens with one attached hydrogen (secondary N) is 1. The van der Waals surface area contributed by atoms with Gasteiger partial charge in [0.05, 0.1) is 6.04 Å². The third-order valence-electron chi connectivity index (χ3n) is 2.88. The number of nitrogen functional groups attached to an aromatic ring is 1. The Labute approximate surface area is 118 Å². The van der Waals surface area contributed by atoms with Gasteiger partial charge in [0.25, 0.3) is 0 Å². The van der Waals surface area contributed by atoms with Crippen molar-refractivity contribution < 1.29 is 4.74 Å². The van der Waals surface area contributed by atoms with Crippen LogP contribution in [0.15, 0.2) is 36.7 Å². The van der Waals surface area contributed by atoms with Crippen molar-refractivity contribution in [2.45, 2.75) is 19.9 Å². The summed E-state index contributed by atoms with van der Waals surface area (Å²) >= 11 is 0. The lowest BCUT2D eigenvalue weighted by atomic mass is 10.1. The molecule has 0 saturated heterocycles. The molecule has 1 aromatic heterocycles. The molecule has 1 heterocycles. The van der Waals surface area contributed by atoms with E-state index in [9.17, 15) is 0 Å². The first-order valence-electron chi connectivity index (χ1n) is 6.54. The van der Waals surface area contributed by atoms with E-state index in [0.29, 0.717) is 18.5 Å². The molecule has 20 heavy (non-hydrogen) atoms. The molecule has 2 rings (SSSR count). The monoisotopic (exact) mass is 273 g/mol. The minimum atomic E-state index is 0.0806. The largest absolute Gasteiger partial charge is 0.491 e. The second-order valence-electron chi connectivity index (χ2n) is 4.79. The van der Waals surface area contributed by atoms with Gasteiger partial charge in [-0.1, -0.05) is 32.0 Å². The zero-order valence-corrected chi connectivity index (χ0v) is 11.7. The Hall–Kier alpha value is -2.37.